The van der Waals surface area contributed by atoms with Crippen LogP contribution in [0.1, 0.15) is 52.7 Å². The fourth-order valence-electron chi connectivity index (χ4n) is 4.37. The smallest absolute Gasteiger partial charge is 0.255 e. The second-order valence-corrected chi connectivity index (χ2v) is 9.09. The van der Waals surface area contributed by atoms with Gasteiger partial charge >= 0.3 is 0 Å². The Bertz CT molecular complexity index is 1100. The lowest BCUT2D eigenvalue weighted by Crippen LogP contribution is -2.33. The molecule has 1 aliphatic heterocycles. The molecule has 0 spiro atoms. The highest BCUT2D eigenvalue weighted by Crippen LogP contribution is 2.30. The number of nitrogens with one attached hydrogen (secondary N) is 1. The molecule has 0 radical (unpaired) electrons. The third-order valence-corrected chi connectivity index (χ3v) is 6.34. The summed E-state index contributed by atoms with van der Waals surface area (Å²) in [6, 6.07) is 13.2. The zero-order valence-corrected chi connectivity index (χ0v) is 20.4. The van der Waals surface area contributed by atoms with Gasteiger partial charge in [-0.1, -0.05) is 24.2 Å². The van der Waals surface area contributed by atoms with Gasteiger partial charge in [0.1, 0.15) is 12.4 Å². The minimum absolute atomic E-state index is 0.201. The van der Waals surface area contributed by atoms with Crippen LogP contribution in [0.15, 0.2) is 47.0 Å². The van der Waals surface area contributed by atoms with Crippen LogP contribution < -0.4 is 14.8 Å². The van der Waals surface area contributed by atoms with Gasteiger partial charge in [0, 0.05) is 24.3 Å². The number of amides is 1. The first kappa shape index (κ1) is 23.8. The van der Waals surface area contributed by atoms with Gasteiger partial charge in [-0.05, 0) is 75.0 Å². The second-order valence-electron chi connectivity index (χ2n) is 9.09. The highest BCUT2D eigenvalue weighted by atomic mass is 16.5. The normalized spacial score (nSPS) is 16.3. The van der Waals surface area contributed by atoms with Crippen molar-refractivity contribution in [2.45, 2.75) is 46.8 Å². The molecule has 7 nitrogen and oxygen atoms in total. The minimum atomic E-state index is -0.201. The highest BCUT2D eigenvalue weighted by molar-refractivity contribution is 6.04. The maximum atomic E-state index is 12.8. The van der Waals surface area contributed by atoms with Gasteiger partial charge in [0.15, 0.2) is 11.5 Å². The lowest BCUT2D eigenvalue weighted by Gasteiger charge is -2.30. The van der Waals surface area contributed by atoms with E-state index in [2.05, 4.69) is 34.4 Å². The van der Waals surface area contributed by atoms with Crippen LogP contribution in [0.2, 0.25) is 0 Å². The first-order chi connectivity index (χ1) is 16.4. The Hall–Kier alpha value is -3.32. The molecule has 1 aliphatic rings. The van der Waals surface area contributed by atoms with Gasteiger partial charge in [-0.15, -0.1) is 0 Å². The van der Waals surface area contributed by atoms with Crippen LogP contribution in [0.3, 0.4) is 0 Å². The van der Waals surface area contributed by atoms with Crippen LogP contribution in [-0.2, 0) is 13.2 Å². The standard InChI is InChI=1S/C27H33N3O4/c1-18-6-5-13-30(15-18)16-21-7-10-23(11-8-21)28-27(31)22-9-12-25(26(14-22)32-4)33-17-24-19(2)29-34-20(24)3/h7-12,14,18H,5-6,13,15-17H2,1-4H3,(H,28,31). The number of hydrogen-bond acceptors (Lipinski definition) is 6. The first-order valence-electron chi connectivity index (χ1n) is 11.8. The number of rotatable bonds is 8. The molecule has 1 aromatic heterocycles. The molecule has 7 heteroatoms. The molecule has 3 aromatic rings. The Kier molecular flexibility index (Phi) is 7.53. The van der Waals surface area contributed by atoms with Gasteiger partial charge < -0.3 is 19.3 Å². The van der Waals surface area contributed by atoms with Gasteiger partial charge in [-0.3, -0.25) is 9.69 Å². The molecule has 1 amide bonds. The Balaban J connectivity index is 1.36. The average molecular weight is 464 g/mol. The van der Waals surface area contributed by atoms with Crippen molar-refractivity contribution >= 4 is 11.6 Å². The Morgan fingerprint density at radius 2 is 1.97 bits per heavy atom. The van der Waals surface area contributed by atoms with Gasteiger partial charge in [-0.2, -0.15) is 0 Å². The van der Waals surface area contributed by atoms with E-state index in [-0.39, 0.29) is 5.91 Å². The minimum Gasteiger partial charge on any atom is -0.493 e. The summed E-state index contributed by atoms with van der Waals surface area (Å²) in [5.41, 5.74) is 4.21. The quantitative estimate of drug-likeness (QED) is 0.484. The summed E-state index contributed by atoms with van der Waals surface area (Å²) in [7, 11) is 1.56. The number of anilines is 1. The molecule has 180 valence electrons. The molecule has 1 unspecified atom stereocenters. The van der Waals surface area contributed by atoms with Crippen molar-refractivity contribution in [3.05, 3.63) is 70.6 Å². The van der Waals surface area contributed by atoms with Crippen molar-refractivity contribution in [3.63, 3.8) is 0 Å². The Morgan fingerprint density at radius 3 is 2.65 bits per heavy atom. The number of methoxy groups -OCH3 is 1. The molecule has 1 fully saturated rings. The molecule has 0 aliphatic carbocycles. The monoisotopic (exact) mass is 463 g/mol. The van der Waals surface area contributed by atoms with E-state index in [9.17, 15) is 4.79 Å². The van der Waals surface area contributed by atoms with E-state index in [1.807, 2.05) is 26.0 Å². The molecular weight excluding hydrogens is 430 g/mol. The SMILES string of the molecule is COc1cc(C(=O)Nc2ccc(CN3CCCC(C)C3)cc2)ccc1OCc1c(C)noc1C. The topological polar surface area (TPSA) is 76.8 Å². The molecule has 1 atom stereocenters. The largest absolute Gasteiger partial charge is 0.493 e. The Morgan fingerprint density at radius 1 is 1.18 bits per heavy atom. The molecule has 2 heterocycles. The number of likely N-dealkylation sites (tertiary alicyclic amines) is 1. The number of benzene rings is 2. The summed E-state index contributed by atoms with van der Waals surface area (Å²) in [4.78, 5) is 15.3. The summed E-state index contributed by atoms with van der Waals surface area (Å²) in [5.74, 6) is 2.33. The van der Waals surface area contributed by atoms with Gasteiger partial charge in [0.2, 0.25) is 0 Å². The number of aromatic nitrogens is 1. The number of aryl methyl sites for hydroxylation is 2. The first-order valence-corrected chi connectivity index (χ1v) is 11.8. The van der Waals surface area contributed by atoms with Crippen LogP contribution in [0.4, 0.5) is 5.69 Å². The number of carbonyl (C=O) groups excluding carboxylic acids is 1. The van der Waals surface area contributed by atoms with Crippen molar-refractivity contribution in [2.24, 2.45) is 5.92 Å². The number of ether oxygens (including phenoxy) is 2. The number of nitrogens with zero attached hydrogens (tertiary/aromatic N) is 2. The Labute approximate surface area is 201 Å². The van der Waals surface area contributed by atoms with Gasteiger partial charge in [-0.25, -0.2) is 0 Å². The second kappa shape index (κ2) is 10.7. The zero-order chi connectivity index (χ0) is 24.1. The maximum absolute atomic E-state index is 12.8. The zero-order valence-electron chi connectivity index (χ0n) is 20.4. The molecule has 1 saturated heterocycles. The van der Waals surface area contributed by atoms with E-state index >= 15 is 0 Å². The van der Waals surface area contributed by atoms with Crippen molar-refractivity contribution < 1.29 is 18.8 Å². The fourth-order valence-corrected chi connectivity index (χ4v) is 4.37. The number of piperidine rings is 1. The molecule has 2 aromatic carbocycles. The van der Waals surface area contributed by atoms with Gasteiger partial charge in [0.25, 0.3) is 5.91 Å². The van der Waals surface area contributed by atoms with Crippen LogP contribution >= 0.6 is 0 Å². The maximum Gasteiger partial charge on any atom is 0.255 e. The van der Waals surface area contributed by atoms with E-state index in [1.165, 1.54) is 18.4 Å². The molecule has 0 bridgehead atoms. The number of hydrogen-bond donors (Lipinski definition) is 1. The lowest BCUT2D eigenvalue weighted by atomic mass is 10.00. The predicted molar refractivity (Wildman–Crippen MR) is 131 cm³/mol. The molecule has 4 rings (SSSR count). The molecule has 1 N–H and O–H groups in total. The summed E-state index contributed by atoms with van der Waals surface area (Å²) in [6.45, 7) is 9.61. The van der Waals surface area contributed by atoms with E-state index in [1.54, 1.807) is 25.3 Å². The van der Waals surface area contributed by atoms with Crippen LogP contribution in [0.5, 0.6) is 11.5 Å². The lowest BCUT2D eigenvalue weighted by molar-refractivity contribution is 0.102. The van der Waals surface area contributed by atoms with Crippen LogP contribution in [0, 0.1) is 19.8 Å². The predicted octanol–water partition coefficient (Wildman–Crippen LogP) is 5.36. The van der Waals surface area contributed by atoms with E-state index in [0.717, 1.165) is 48.3 Å². The third kappa shape index (κ3) is 5.78. The third-order valence-electron chi connectivity index (χ3n) is 6.34. The molecule has 0 saturated carbocycles. The van der Waals surface area contributed by atoms with Gasteiger partial charge in [0.05, 0.1) is 18.4 Å². The highest BCUT2D eigenvalue weighted by Gasteiger charge is 2.17. The summed E-state index contributed by atoms with van der Waals surface area (Å²) in [5, 5.41) is 6.91. The van der Waals surface area contributed by atoms with Crippen molar-refractivity contribution in [2.75, 3.05) is 25.5 Å². The van der Waals surface area contributed by atoms with Crippen LogP contribution in [0.25, 0.3) is 0 Å². The molecular formula is C27H33N3O4. The average Bonchev–Trinajstić information content (AvgIpc) is 3.16. The van der Waals surface area contributed by atoms with Crippen molar-refractivity contribution in [1.82, 2.24) is 10.1 Å². The molecule has 34 heavy (non-hydrogen) atoms. The van der Waals surface area contributed by atoms with E-state index in [0.29, 0.717) is 23.7 Å². The number of carbonyl (C=O) groups is 1. The van der Waals surface area contributed by atoms with E-state index < -0.39 is 0 Å². The van der Waals surface area contributed by atoms with Crippen molar-refractivity contribution in [3.8, 4) is 11.5 Å². The van der Waals surface area contributed by atoms with E-state index in [4.69, 9.17) is 14.0 Å². The fraction of sp³-hybridized carbons (Fsp3) is 0.407. The van der Waals surface area contributed by atoms with Crippen LogP contribution in [-0.4, -0.2) is 36.2 Å². The van der Waals surface area contributed by atoms with Crippen molar-refractivity contribution in [1.29, 1.82) is 0 Å². The summed E-state index contributed by atoms with van der Waals surface area (Å²) in [6.07, 6.45) is 2.59. The summed E-state index contributed by atoms with van der Waals surface area (Å²) < 4.78 is 16.6. The summed E-state index contributed by atoms with van der Waals surface area (Å²) >= 11 is 0.